The highest BCUT2D eigenvalue weighted by atomic mass is 19.1. The van der Waals surface area contributed by atoms with Crippen LogP contribution in [0.2, 0.25) is 0 Å². The number of anilines is 1. The third-order valence-electron chi connectivity index (χ3n) is 7.40. The highest BCUT2D eigenvalue weighted by Crippen LogP contribution is 2.28. The van der Waals surface area contributed by atoms with Crippen LogP contribution in [0.15, 0.2) is 41.7 Å². The van der Waals surface area contributed by atoms with E-state index in [-0.39, 0.29) is 35.2 Å². The predicted octanol–water partition coefficient (Wildman–Crippen LogP) is 2.32. The monoisotopic (exact) mass is 521 g/mol. The summed E-state index contributed by atoms with van der Waals surface area (Å²) in [5.74, 6) is 0.108. The molecule has 0 radical (unpaired) electrons. The predicted molar refractivity (Wildman–Crippen MR) is 142 cm³/mol. The number of piperazine rings is 1. The van der Waals surface area contributed by atoms with E-state index in [2.05, 4.69) is 23.5 Å². The van der Waals surface area contributed by atoms with Crippen LogP contribution >= 0.6 is 0 Å². The lowest BCUT2D eigenvalue weighted by Crippen LogP contribution is -2.53. The number of para-hydroxylation sites is 1. The molecule has 0 aliphatic carbocycles. The van der Waals surface area contributed by atoms with E-state index in [1.807, 2.05) is 11.8 Å². The van der Waals surface area contributed by atoms with Crippen molar-refractivity contribution < 1.29 is 13.9 Å². The van der Waals surface area contributed by atoms with Crippen molar-refractivity contribution in [1.29, 1.82) is 0 Å². The van der Waals surface area contributed by atoms with Gasteiger partial charge in [-0.25, -0.2) is 9.37 Å². The van der Waals surface area contributed by atoms with Gasteiger partial charge >= 0.3 is 6.01 Å². The number of carbonyl (C=O) groups is 1. The number of amides is 1. The molecule has 4 heterocycles. The first-order chi connectivity index (χ1) is 18.3. The summed E-state index contributed by atoms with van der Waals surface area (Å²) in [6.07, 6.45) is 3.41. The summed E-state index contributed by atoms with van der Waals surface area (Å²) in [6.45, 7) is 10.0. The Hall–Kier alpha value is -3.86. The summed E-state index contributed by atoms with van der Waals surface area (Å²) in [4.78, 5) is 45.9. The maximum absolute atomic E-state index is 14.7. The van der Waals surface area contributed by atoms with E-state index in [0.29, 0.717) is 43.4 Å². The Labute approximate surface area is 220 Å². The fraction of sp³-hybridized carbons (Fsp3) is 0.444. The largest absolute Gasteiger partial charge is 0.462 e. The van der Waals surface area contributed by atoms with Gasteiger partial charge in [-0.2, -0.15) is 9.97 Å². The molecule has 0 bridgehead atoms. The Morgan fingerprint density at radius 3 is 2.66 bits per heavy atom. The van der Waals surface area contributed by atoms with Gasteiger partial charge in [0.1, 0.15) is 23.8 Å². The number of nitrogens with zero attached hydrogens (tertiary/aromatic N) is 7. The fourth-order valence-corrected chi connectivity index (χ4v) is 5.28. The Morgan fingerprint density at radius 2 is 1.97 bits per heavy atom. The number of aryl methyl sites for hydroxylation is 1. The van der Waals surface area contributed by atoms with Gasteiger partial charge in [0, 0.05) is 31.7 Å². The number of halogens is 1. The Bertz CT molecular complexity index is 1440. The van der Waals surface area contributed by atoms with Crippen molar-refractivity contribution in [2.24, 2.45) is 0 Å². The lowest BCUT2D eigenvalue weighted by molar-refractivity contribution is -0.126. The molecule has 2 fully saturated rings. The van der Waals surface area contributed by atoms with Crippen LogP contribution in [0, 0.1) is 12.7 Å². The molecule has 38 heavy (non-hydrogen) atoms. The van der Waals surface area contributed by atoms with Crippen molar-refractivity contribution in [2.45, 2.75) is 38.8 Å². The number of ether oxygens (including phenoxy) is 1. The van der Waals surface area contributed by atoms with E-state index in [9.17, 15) is 14.0 Å². The first kappa shape index (κ1) is 25.8. The summed E-state index contributed by atoms with van der Waals surface area (Å²) < 4.78 is 22.0. The molecule has 3 aromatic rings. The van der Waals surface area contributed by atoms with Crippen molar-refractivity contribution in [3.05, 3.63) is 58.9 Å². The Morgan fingerprint density at radius 1 is 1.18 bits per heavy atom. The van der Waals surface area contributed by atoms with Crippen LogP contribution in [-0.2, 0) is 4.79 Å². The quantitative estimate of drug-likeness (QED) is 0.456. The molecule has 200 valence electrons. The number of aromatic nitrogens is 4. The van der Waals surface area contributed by atoms with Crippen LogP contribution in [-0.4, -0.2) is 87.1 Å². The van der Waals surface area contributed by atoms with Crippen LogP contribution in [0.4, 0.5) is 10.2 Å². The van der Waals surface area contributed by atoms with Gasteiger partial charge in [0.25, 0.3) is 5.56 Å². The molecule has 5 rings (SSSR count). The Balaban J connectivity index is 1.61. The van der Waals surface area contributed by atoms with Crippen molar-refractivity contribution in [2.75, 3.05) is 44.7 Å². The van der Waals surface area contributed by atoms with Gasteiger partial charge in [-0.15, -0.1) is 0 Å². The lowest BCUT2D eigenvalue weighted by atomic mass is 10.1. The normalized spacial score (nSPS) is 20.2. The van der Waals surface area contributed by atoms with E-state index in [1.165, 1.54) is 22.8 Å². The van der Waals surface area contributed by atoms with Crippen molar-refractivity contribution >= 4 is 22.8 Å². The van der Waals surface area contributed by atoms with E-state index in [4.69, 9.17) is 14.7 Å². The van der Waals surface area contributed by atoms with Crippen molar-refractivity contribution in [3.63, 3.8) is 0 Å². The molecule has 0 saturated carbocycles. The molecule has 2 aliphatic rings. The molecular formula is C27H32FN7O3. The minimum absolute atomic E-state index is 0.0513. The third kappa shape index (κ3) is 4.73. The van der Waals surface area contributed by atoms with Crippen molar-refractivity contribution in [1.82, 2.24) is 29.3 Å². The highest BCUT2D eigenvalue weighted by Gasteiger charge is 2.30. The second kappa shape index (κ2) is 10.5. The van der Waals surface area contributed by atoms with E-state index in [0.717, 1.165) is 19.4 Å². The topological polar surface area (TPSA) is 96.7 Å². The Kier molecular flexibility index (Phi) is 7.11. The van der Waals surface area contributed by atoms with Gasteiger partial charge in [0.05, 0.1) is 5.69 Å². The first-order valence-corrected chi connectivity index (χ1v) is 12.9. The second-order valence-corrected chi connectivity index (χ2v) is 9.90. The summed E-state index contributed by atoms with van der Waals surface area (Å²) in [5.41, 5.74) is -0.0297. The standard InChI is InChI=1S/C27H32FN7O3/c1-5-22(36)33-13-14-34(17(2)15-33)25-23-24(30-27(31-25)38-16-19-9-8-12-32(19)4)26(37)35(18(3)29-23)21-11-7-6-10-20(21)28/h5-7,10-11,17,19H,1,8-9,12-16H2,2-4H3/t17-,19-/m0/s1. The summed E-state index contributed by atoms with van der Waals surface area (Å²) in [7, 11) is 2.05. The molecule has 1 amide bonds. The SMILES string of the molecule is C=CC(=O)N1CCN(c2nc(OC[C@@H]3CCCN3C)nc3c(=O)n(-c4ccccc4F)c(C)nc23)[C@@H](C)C1. The molecular weight excluding hydrogens is 489 g/mol. The van der Waals surface area contributed by atoms with Crippen LogP contribution in [0.3, 0.4) is 0 Å². The third-order valence-corrected chi connectivity index (χ3v) is 7.40. The zero-order valence-corrected chi connectivity index (χ0v) is 21.9. The molecule has 0 N–H and O–H groups in total. The highest BCUT2D eigenvalue weighted by molar-refractivity contribution is 5.88. The number of likely N-dealkylation sites (tertiary alicyclic amines) is 1. The molecule has 2 atom stereocenters. The number of likely N-dealkylation sites (N-methyl/N-ethyl adjacent to an activating group) is 1. The second-order valence-electron chi connectivity index (χ2n) is 9.90. The smallest absolute Gasteiger partial charge is 0.319 e. The molecule has 0 spiro atoms. The van der Waals surface area contributed by atoms with Crippen LogP contribution in [0.5, 0.6) is 6.01 Å². The molecule has 2 aliphatic heterocycles. The summed E-state index contributed by atoms with van der Waals surface area (Å²) in [6, 6.07) is 6.26. The molecule has 11 heteroatoms. The van der Waals surface area contributed by atoms with Gasteiger partial charge in [-0.3, -0.25) is 14.2 Å². The van der Waals surface area contributed by atoms with Crippen LogP contribution in [0.25, 0.3) is 16.7 Å². The van der Waals surface area contributed by atoms with Gasteiger partial charge in [-0.1, -0.05) is 18.7 Å². The number of rotatable bonds is 6. The minimum atomic E-state index is -0.537. The minimum Gasteiger partial charge on any atom is -0.462 e. The molecule has 10 nitrogen and oxygen atoms in total. The zero-order chi connectivity index (χ0) is 27.0. The molecule has 2 saturated heterocycles. The van der Waals surface area contributed by atoms with Gasteiger partial charge in [-0.05, 0) is 58.5 Å². The molecule has 0 unspecified atom stereocenters. The number of carbonyl (C=O) groups excluding carboxylic acids is 1. The molecule has 1 aromatic carbocycles. The number of fused-ring (bicyclic) bond motifs is 1. The average Bonchev–Trinajstić information content (AvgIpc) is 3.32. The van der Waals surface area contributed by atoms with Crippen LogP contribution < -0.4 is 15.2 Å². The fourth-order valence-electron chi connectivity index (χ4n) is 5.28. The van der Waals surface area contributed by atoms with Gasteiger partial charge < -0.3 is 19.4 Å². The van der Waals surface area contributed by atoms with Gasteiger partial charge in [0.2, 0.25) is 5.91 Å². The zero-order valence-electron chi connectivity index (χ0n) is 21.9. The van der Waals surface area contributed by atoms with E-state index in [1.54, 1.807) is 24.0 Å². The maximum Gasteiger partial charge on any atom is 0.319 e. The van der Waals surface area contributed by atoms with E-state index >= 15 is 0 Å². The lowest BCUT2D eigenvalue weighted by Gasteiger charge is -2.40. The first-order valence-electron chi connectivity index (χ1n) is 12.9. The maximum atomic E-state index is 14.7. The molecule has 2 aromatic heterocycles. The number of benzene rings is 1. The van der Waals surface area contributed by atoms with E-state index < -0.39 is 11.4 Å². The van der Waals surface area contributed by atoms with Crippen LogP contribution in [0.1, 0.15) is 25.6 Å². The van der Waals surface area contributed by atoms with Gasteiger partial charge in [0.15, 0.2) is 11.3 Å². The van der Waals surface area contributed by atoms with Crippen molar-refractivity contribution in [3.8, 4) is 11.7 Å². The summed E-state index contributed by atoms with van der Waals surface area (Å²) >= 11 is 0. The number of hydrogen-bond acceptors (Lipinski definition) is 8. The average molecular weight is 522 g/mol. The number of hydrogen-bond donors (Lipinski definition) is 0. The summed E-state index contributed by atoms with van der Waals surface area (Å²) in [5, 5.41) is 0.